The standard InChI is InChI=1S/C18H28N2O2/c1-13(2)12-20-17-5-4-16(11-14(17)3-6-18(20)21)19-15-7-9-22-10-8-15/h3,6,13,15-16,19H,4-5,7-12H2,1-2H3. The van der Waals surface area contributed by atoms with Crippen molar-refractivity contribution in [3.63, 3.8) is 0 Å². The molecular weight excluding hydrogens is 276 g/mol. The first-order valence-electron chi connectivity index (χ1n) is 8.69. The van der Waals surface area contributed by atoms with Gasteiger partial charge in [0.15, 0.2) is 0 Å². The van der Waals surface area contributed by atoms with Crippen LogP contribution in [-0.4, -0.2) is 29.9 Å². The zero-order valence-electron chi connectivity index (χ0n) is 13.8. The maximum Gasteiger partial charge on any atom is 0.250 e. The van der Waals surface area contributed by atoms with Crippen molar-refractivity contribution in [1.29, 1.82) is 0 Å². The van der Waals surface area contributed by atoms with Gasteiger partial charge in [-0.05, 0) is 43.6 Å². The summed E-state index contributed by atoms with van der Waals surface area (Å²) in [5.74, 6) is 0.502. The number of nitrogens with zero attached hydrogens (tertiary/aromatic N) is 1. The summed E-state index contributed by atoms with van der Waals surface area (Å²) >= 11 is 0. The molecule has 1 saturated heterocycles. The topological polar surface area (TPSA) is 43.3 Å². The van der Waals surface area contributed by atoms with E-state index in [9.17, 15) is 4.79 Å². The molecule has 3 rings (SSSR count). The highest BCUT2D eigenvalue weighted by atomic mass is 16.5. The second-order valence-electron chi connectivity index (χ2n) is 7.14. The Hall–Kier alpha value is -1.13. The molecule has 122 valence electrons. The van der Waals surface area contributed by atoms with E-state index < -0.39 is 0 Å². The van der Waals surface area contributed by atoms with Gasteiger partial charge in [-0.3, -0.25) is 4.79 Å². The van der Waals surface area contributed by atoms with E-state index in [2.05, 4.69) is 19.2 Å². The smallest absolute Gasteiger partial charge is 0.250 e. The molecule has 1 aliphatic carbocycles. The van der Waals surface area contributed by atoms with E-state index in [-0.39, 0.29) is 5.56 Å². The van der Waals surface area contributed by atoms with Crippen LogP contribution in [-0.2, 0) is 24.1 Å². The second kappa shape index (κ2) is 6.97. The van der Waals surface area contributed by atoms with Crippen LogP contribution in [0.3, 0.4) is 0 Å². The normalized spacial score (nSPS) is 22.8. The van der Waals surface area contributed by atoms with Crippen LogP contribution in [0.25, 0.3) is 0 Å². The highest BCUT2D eigenvalue weighted by Gasteiger charge is 2.24. The number of pyridine rings is 1. The first-order valence-corrected chi connectivity index (χ1v) is 8.69. The number of aromatic nitrogens is 1. The molecule has 2 aliphatic rings. The lowest BCUT2D eigenvalue weighted by molar-refractivity contribution is 0.0742. The van der Waals surface area contributed by atoms with Crippen LogP contribution in [0.2, 0.25) is 0 Å². The van der Waals surface area contributed by atoms with E-state index in [1.165, 1.54) is 11.3 Å². The third kappa shape index (κ3) is 3.61. The monoisotopic (exact) mass is 304 g/mol. The molecule has 0 radical (unpaired) electrons. The molecule has 22 heavy (non-hydrogen) atoms. The van der Waals surface area contributed by atoms with E-state index in [1.54, 1.807) is 6.07 Å². The Balaban J connectivity index is 1.71. The van der Waals surface area contributed by atoms with E-state index in [1.807, 2.05) is 10.6 Å². The Labute approximate surface area is 132 Å². The molecule has 2 heterocycles. The quantitative estimate of drug-likeness (QED) is 0.927. The minimum atomic E-state index is 0.156. The zero-order chi connectivity index (χ0) is 15.5. The van der Waals surface area contributed by atoms with Gasteiger partial charge in [0, 0.05) is 43.6 Å². The molecule has 1 N–H and O–H groups in total. The highest BCUT2D eigenvalue weighted by Crippen LogP contribution is 2.22. The van der Waals surface area contributed by atoms with Crippen molar-refractivity contribution >= 4 is 0 Å². The average molecular weight is 304 g/mol. The van der Waals surface area contributed by atoms with Gasteiger partial charge in [-0.15, -0.1) is 0 Å². The van der Waals surface area contributed by atoms with Crippen LogP contribution < -0.4 is 10.9 Å². The van der Waals surface area contributed by atoms with Crippen LogP contribution in [0, 0.1) is 5.92 Å². The summed E-state index contributed by atoms with van der Waals surface area (Å²) in [6.07, 6.45) is 5.43. The van der Waals surface area contributed by atoms with E-state index in [4.69, 9.17) is 4.74 Å². The second-order valence-corrected chi connectivity index (χ2v) is 7.14. The first-order chi connectivity index (χ1) is 10.6. The largest absolute Gasteiger partial charge is 0.381 e. The average Bonchev–Trinajstić information content (AvgIpc) is 2.51. The van der Waals surface area contributed by atoms with Crippen molar-refractivity contribution in [2.45, 2.75) is 64.6 Å². The highest BCUT2D eigenvalue weighted by molar-refractivity contribution is 5.25. The van der Waals surface area contributed by atoms with Crippen molar-refractivity contribution < 1.29 is 4.74 Å². The lowest BCUT2D eigenvalue weighted by Gasteiger charge is -2.32. The fourth-order valence-corrected chi connectivity index (χ4v) is 3.73. The fraction of sp³-hybridized carbons (Fsp3) is 0.722. The molecule has 1 fully saturated rings. The molecule has 1 aliphatic heterocycles. The predicted octanol–water partition coefficient (Wildman–Crippen LogP) is 2.13. The van der Waals surface area contributed by atoms with E-state index in [0.29, 0.717) is 18.0 Å². The Morgan fingerprint density at radius 3 is 2.73 bits per heavy atom. The molecule has 1 unspecified atom stereocenters. The molecule has 0 saturated carbocycles. The van der Waals surface area contributed by atoms with Gasteiger partial charge in [0.05, 0.1) is 0 Å². The molecule has 0 amide bonds. The number of ether oxygens (including phenoxy) is 1. The van der Waals surface area contributed by atoms with Gasteiger partial charge in [-0.2, -0.15) is 0 Å². The van der Waals surface area contributed by atoms with Crippen molar-refractivity contribution in [2.24, 2.45) is 5.92 Å². The zero-order valence-corrected chi connectivity index (χ0v) is 13.8. The maximum absolute atomic E-state index is 12.2. The van der Waals surface area contributed by atoms with Gasteiger partial charge < -0.3 is 14.6 Å². The fourth-order valence-electron chi connectivity index (χ4n) is 3.73. The number of rotatable bonds is 4. The maximum atomic E-state index is 12.2. The van der Waals surface area contributed by atoms with Crippen LogP contribution in [0.4, 0.5) is 0 Å². The Morgan fingerprint density at radius 2 is 2.00 bits per heavy atom. The minimum absolute atomic E-state index is 0.156. The predicted molar refractivity (Wildman–Crippen MR) is 88.3 cm³/mol. The van der Waals surface area contributed by atoms with Crippen LogP contribution in [0.1, 0.15) is 44.4 Å². The van der Waals surface area contributed by atoms with Crippen molar-refractivity contribution in [2.75, 3.05) is 13.2 Å². The van der Waals surface area contributed by atoms with Gasteiger partial charge in [0.2, 0.25) is 0 Å². The SMILES string of the molecule is CC(C)Cn1c2c(ccc1=O)CC(NC1CCOCC1)CC2. The summed E-state index contributed by atoms with van der Waals surface area (Å²) in [6.45, 7) is 6.94. The third-order valence-corrected chi connectivity index (χ3v) is 4.83. The van der Waals surface area contributed by atoms with Gasteiger partial charge in [0.1, 0.15) is 0 Å². The van der Waals surface area contributed by atoms with E-state index in [0.717, 1.165) is 51.9 Å². The molecule has 0 spiro atoms. The van der Waals surface area contributed by atoms with Crippen LogP contribution >= 0.6 is 0 Å². The molecule has 1 aromatic heterocycles. The summed E-state index contributed by atoms with van der Waals surface area (Å²) < 4.78 is 7.44. The van der Waals surface area contributed by atoms with Crippen molar-refractivity contribution in [3.8, 4) is 0 Å². The third-order valence-electron chi connectivity index (χ3n) is 4.83. The number of fused-ring (bicyclic) bond motifs is 1. The van der Waals surface area contributed by atoms with Crippen molar-refractivity contribution in [3.05, 3.63) is 33.7 Å². The van der Waals surface area contributed by atoms with Gasteiger partial charge in [0.25, 0.3) is 5.56 Å². The number of hydrogen-bond acceptors (Lipinski definition) is 3. The van der Waals surface area contributed by atoms with Crippen molar-refractivity contribution in [1.82, 2.24) is 9.88 Å². The van der Waals surface area contributed by atoms with Crippen LogP contribution in [0.15, 0.2) is 16.9 Å². The Kier molecular flexibility index (Phi) is 4.99. The summed E-state index contributed by atoms with van der Waals surface area (Å²) in [6, 6.07) is 4.94. The van der Waals surface area contributed by atoms with Gasteiger partial charge in [-0.25, -0.2) is 0 Å². The molecule has 1 aromatic rings. The molecular formula is C18H28N2O2. The minimum Gasteiger partial charge on any atom is -0.381 e. The molecule has 0 bridgehead atoms. The van der Waals surface area contributed by atoms with Gasteiger partial charge in [-0.1, -0.05) is 19.9 Å². The Morgan fingerprint density at radius 1 is 1.23 bits per heavy atom. The molecule has 4 nitrogen and oxygen atoms in total. The Bertz CT molecular complexity index is 559. The van der Waals surface area contributed by atoms with Gasteiger partial charge >= 0.3 is 0 Å². The van der Waals surface area contributed by atoms with E-state index >= 15 is 0 Å². The summed E-state index contributed by atoms with van der Waals surface area (Å²) in [4.78, 5) is 12.2. The lowest BCUT2D eigenvalue weighted by atomic mass is 9.90. The first kappa shape index (κ1) is 15.8. The summed E-state index contributed by atoms with van der Waals surface area (Å²) in [5, 5.41) is 3.81. The van der Waals surface area contributed by atoms with Crippen LogP contribution in [0.5, 0.6) is 0 Å². The molecule has 0 aromatic carbocycles. The summed E-state index contributed by atoms with van der Waals surface area (Å²) in [7, 11) is 0. The molecule has 1 atom stereocenters. The lowest BCUT2D eigenvalue weighted by Crippen LogP contribution is -2.45. The number of nitrogens with one attached hydrogen (secondary N) is 1. The number of hydrogen-bond donors (Lipinski definition) is 1. The summed E-state index contributed by atoms with van der Waals surface area (Å²) in [5.41, 5.74) is 2.78. The molecule has 4 heteroatoms.